The van der Waals surface area contributed by atoms with Gasteiger partial charge in [-0.1, -0.05) is 5.16 Å². The smallest absolute Gasteiger partial charge is 0.247 e. The number of rotatable bonds is 4. The molecule has 0 aromatic carbocycles. The Hall–Kier alpha value is -1.47. The maximum absolute atomic E-state index is 5.45. The zero-order chi connectivity index (χ0) is 14.3. The van der Waals surface area contributed by atoms with E-state index in [1.807, 2.05) is 20.2 Å². The Balaban J connectivity index is 1.99. The van der Waals surface area contributed by atoms with Crippen LogP contribution >= 0.6 is 15.9 Å². The number of pyridine rings is 1. The first-order chi connectivity index (χ1) is 9.58. The fourth-order valence-electron chi connectivity index (χ4n) is 2.23. The average molecular weight is 339 g/mol. The number of nitrogens with zero attached hydrogens (tertiary/aromatic N) is 4. The molecule has 1 saturated carbocycles. The first-order valence-corrected chi connectivity index (χ1v) is 7.08. The third-order valence-electron chi connectivity index (χ3n) is 3.70. The summed E-state index contributed by atoms with van der Waals surface area (Å²) in [7, 11) is 5.63. The molecule has 20 heavy (non-hydrogen) atoms. The number of halogens is 1. The molecule has 2 aromatic rings. The largest absolute Gasteiger partial charge is 0.480 e. The quantitative estimate of drug-likeness (QED) is 0.853. The maximum Gasteiger partial charge on any atom is 0.247 e. The van der Waals surface area contributed by atoms with E-state index in [0.717, 1.165) is 22.9 Å². The van der Waals surface area contributed by atoms with Crippen molar-refractivity contribution in [3.05, 3.63) is 22.6 Å². The van der Waals surface area contributed by atoms with Gasteiger partial charge in [0.2, 0.25) is 17.6 Å². The second-order valence-electron chi connectivity index (χ2n) is 5.03. The van der Waals surface area contributed by atoms with Gasteiger partial charge in [-0.25, -0.2) is 4.98 Å². The second-order valence-corrected chi connectivity index (χ2v) is 5.82. The van der Waals surface area contributed by atoms with Gasteiger partial charge in [0.25, 0.3) is 0 Å². The Morgan fingerprint density at radius 1 is 1.40 bits per heavy atom. The van der Waals surface area contributed by atoms with E-state index < -0.39 is 0 Å². The van der Waals surface area contributed by atoms with Crippen LogP contribution in [0.1, 0.15) is 18.7 Å². The van der Waals surface area contributed by atoms with Crippen molar-refractivity contribution in [2.45, 2.75) is 18.4 Å². The predicted octanol–water partition coefficient (Wildman–Crippen LogP) is 2.45. The lowest BCUT2D eigenvalue weighted by Gasteiger charge is -2.18. The van der Waals surface area contributed by atoms with Crippen LogP contribution in [0, 0.1) is 0 Å². The lowest BCUT2D eigenvalue weighted by molar-refractivity contribution is 0.208. The number of hydrogen-bond donors (Lipinski definition) is 0. The van der Waals surface area contributed by atoms with Crippen LogP contribution in [-0.2, 0) is 5.54 Å². The van der Waals surface area contributed by atoms with Gasteiger partial charge in [0, 0.05) is 11.8 Å². The first-order valence-electron chi connectivity index (χ1n) is 6.29. The molecular weight excluding hydrogens is 324 g/mol. The van der Waals surface area contributed by atoms with E-state index in [0.29, 0.717) is 17.6 Å². The minimum absolute atomic E-state index is 0.0884. The Labute approximate surface area is 125 Å². The van der Waals surface area contributed by atoms with Crippen LogP contribution in [0.4, 0.5) is 0 Å². The highest BCUT2D eigenvalue weighted by Gasteiger charge is 2.51. The van der Waals surface area contributed by atoms with E-state index in [1.54, 1.807) is 13.3 Å². The monoisotopic (exact) mass is 338 g/mol. The summed E-state index contributed by atoms with van der Waals surface area (Å²) in [5.41, 5.74) is 0.718. The highest BCUT2D eigenvalue weighted by Crippen LogP contribution is 2.49. The number of hydrogen-bond acceptors (Lipinski definition) is 6. The van der Waals surface area contributed by atoms with Crippen molar-refractivity contribution in [3.63, 3.8) is 0 Å². The standard InChI is InChI=1S/C13H15BrN4O2/c1-18(2)13(5-6-13)12-16-10(17-20-12)8-4-7-15-11(19-3)9(8)14/h4,7H,5-6H2,1-3H3. The molecular formula is C13H15BrN4O2. The molecule has 0 N–H and O–H groups in total. The fraction of sp³-hybridized carbons (Fsp3) is 0.462. The number of aromatic nitrogens is 3. The Morgan fingerprint density at radius 2 is 2.15 bits per heavy atom. The van der Waals surface area contributed by atoms with E-state index in [1.165, 1.54) is 0 Å². The summed E-state index contributed by atoms with van der Waals surface area (Å²) in [6.45, 7) is 0. The molecule has 2 heterocycles. The molecule has 0 radical (unpaired) electrons. The SMILES string of the molecule is COc1nccc(-c2noc(C3(N(C)C)CC3)n2)c1Br. The van der Waals surface area contributed by atoms with Gasteiger partial charge in [0.1, 0.15) is 5.54 Å². The Bertz CT molecular complexity index is 637. The van der Waals surface area contributed by atoms with Crippen molar-refractivity contribution >= 4 is 15.9 Å². The molecule has 2 aromatic heterocycles. The van der Waals surface area contributed by atoms with E-state index in [9.17, 15) is 0 Å². The van der Waals surface area contributed by atoms with Crippen molar-refractivity contribution in [1.29, 1.82) is 0 Å². The molecule has 0 atom stereocenters. The highest BCUT2D eigenvalue weighted by atomic mass is 79.9. The van der Waals surface area contributed by atoms with Gasteiger partial charge in [-0.15, -0.1) is 0 Å². The van der Waals surface area contributed by atoms with Crippen LogP contribution in [0.3, 0.4) is 0 Å². The average Bonchev–Trinajstić information content (AvgIpc) is 3.12. The van der Waals surface area contributed by atoms with E-state index in [4.69, 9.17) is 9.26 Å². The van der Waals surface area contributed by atoms with Gasteiger partial charge in [-0.05, 0) is 48.9 Å². The molecule has 1 aliphatic rings. The van der Waals surface area contributed by atoms with Crippen LogP contribution in [0.25, 0.3) is 11.4 Å². The number of methoxy groups -OCH3 is 1. The molecule has 1 aliphatic carbocycles. The molecule has 0 aliphatic heterocycles. The normalized spacial score (nSPS) is 16.4. The van der Waals surface area contributed by atoms with E-state index in [-0.39, 0.29) is 5.54 Å². The van der Waals surface area contributed by atoms with Crippen molar-refractivity contribution in [1.82, 2.24) is 20.0 Å². The third-order valence-corrected chi connectivity index (χ3v) is 4.46. The lowest BCUT2D eigenvalue weighted by atomic mass is 10.2. The molecule has 0 bridgehead atoms. The highest BCUT2D eigenvalue weighted by molar-refractivity contribution is 9.10. The Kier molecular flexibility index (Phi) is 3.25. The van der Waals surface area contributed by atoms with Crippen LogP contribution in [0.2, 0.25) is 0 Å². The van der Waals surface area contributed by atoms with Gasteiger partial charge in [0.05, 0.1) is 11.6 Å². The zero-order valence-electron chi connectivity index (χ0n) is 11.6. The summed E-state index contributed by atoms with van der Waals surface area (Å²) >= 11 is 3.46. The van der Waals surface area contributed by atoms with Gasteiger partial charge in [-0.2, -0.15) is 4.98 Å². The first kappa shape index (κ1) is 13.5. The molecule has 1 fully saturated rings. The summed E-state index contributed by atoms with van der Waals surface area (Å²) in [5.74, 6) is 1.71. The summed E-state index contributed by atoms with van der Waals surface area (Å²) < 4.78 is 11.4. The molecule has 106 valence electrons. The molecule has 0 saturated heterocycles. The molecule has 0 unspecified atom stereocenters. The topological polar surface area (TPSA) is 64.3 Å². The zero-order valence-corrected chi connectivity index (χ0v) is 13.1. The van der Waals surface area contributed by atoms with Gasteiger partial charge >= 0.3 is 0 Å². The minimum Gasteiger partial charge on any atom is -0.480 e. The van der Waals surface area contributed by atoms with Crippen molar-refractivity contribution in [2.24, 2.45) is 0 Å². The van der Waals surface area contributed by atoms with Crippen LogP contribution in [0.5, 0.6) is 5.88 Å². The number of ether oxygens (including phenoxy) is 1. The summed E-state index contributed by atoms with van der Waals surface area (Å²) in [5, 5.41) is 4.09. The van der Waals surface area contributed by atoms with E-state index in [2.05, 4.69) is 36.0 Å². The predicted molar refractivity (Wildman–Crippen MR) is 76.4 cm³/mol. The fourth-order valence-corrected chi connectivity index (χ4v) is 2.81. The third kappa shape index (κ3) is 2.01. The van der Waals surface area contributed by atoms with E-state index >= 15 is 0 Å². The minimum atomic E-state index is -0.0884. The van der Waals surface area contributed by atoms with Crippen molar-refractivity contribution < 1.29 is 9.26 Å². The molecule has 3 rings (SSSR count). The van der Waals surface area contributed by atoms with Crippen molar-refractivity contribution in [2.75, 3.05) is 21.2 Å². The Morgan fingerprint density at radius 3 is 2.75 bits per heavy atom. The molecule has 0 spiro atoms. The van der Waals surface area contributed by atoms with Gasteiger partial charge in [-0.3, -0.25) is 4.90 Å². The maximum atomic E-state index is 5.45. The summed E-state index contributed by atoms with van der Waals surface area (Å²) in [6.07, 6.45) is 3.75. The molecule has 6 nitrogen and oxygen atoms in total. The van der Waals surface area contributed by atoms with Gasteiger partial charge in [0.15, 0.2) is 0 Å². The lowest BCUT2D eigenvalue weighted by Crippen LogP contribution is -2.27. The molecule has 0 amide bonds. The summed E-state index contributed by atoms with van der Waals surface area (Å²) in [4.78, 5) is 10.8. The second kappa shape index (κ2) is 4.82. The van der Waals surface area contributed by atoms with Crippen LogP contribution < -0.4 is 4.74 Å². The molecule has 7 heteroatoms. The van der Waals surface area contributed by atoms with Crippen molar-refractivity contribution in [3.8, 4) is 17.3 Å². The van der Waals surface area contributed by atoms with Gasteiger partial charge < -0.3 is 9.26 Å². The van der Waals surface area contributed by atoms with Crippen LogP contribution in [0.15, 0.2) is 21.3 Å². The summed E-state index contributed by atoms with van der Waals surface area (Å²) in [6, 6.07) is 1.83. The van der Waals surface area contributed by atoms with Crippen LogP contribution in [-0.4, -0.2) is 41.2 Å².